The highest BCUT2D eigenvalue weighted by Crippen LogP contribution is 2.27. The molecule has 2 fully saturated rings. The van der Waals surface area contributed by atoms with E-state index in [0.29, 0.717) is 39.3 Å². The molecule has 0 saturated carbocycles. The summed E-state index contributed by atoms with van der Waals surface area (Å²) in [6.07, 6.45) is 0. The van der Waals surface area contributed by atoms with Crippen LogP contribution in [0.4, 0.5) is 0 Å². The normalized spacial score (nSPS) is 25.0. The van der Waals surface area contributed by atoms with E-state index in [1.165, 1.54) is 0 Å². The molecule has 0 radical (unpaired) electrons. The number of nitrogens with zero attached hydrogens (tertiary/aromatic N) is 2. The smallest absolute Gasteiger partial charge is 0.242 e. The van der Waals surface area contributed by atoms with E-state index in [-0.39, 0.29) is 23.9 Å². The second kappa shape index (κ2) is 8.59. The SMILES string of the molecule is NCCN1CCNC(=O)C1c1ccc(C2C(=O)NCCN2CCN)cc1. The zero-order valence-corrected chi connectivity index (χ0v) is 15.0. The van der Waals surface area contributed by atoms with Gasteiger partial charge < -0.3 is 22.1 Å². The van der Waals surface area contributed by atoms with Gasteiger partial charge in [-0.3, -0.25) is 19.4 Å². The van der Waals surface area contributed by atoms with Crippen molar-refractivity contribution < 1.29 is 9.59 Å². The topological polar surface area (TPSA) is 117 Å². The molecule has 1 aromatic carbocycles. The Hall–Kier alpha value is -2.00. The minimum absolute atomic E-state index is 0.00221. The number of rotatable bonds is 6. The molecule has 2 aliphatic rings. The number of hydrogen-bond donors (Lipinski definition) is 4. The Morgan fingerprint density at radius 1 is 0.808 bits per heavy atom. The Morgan fingerprint density at radius 2 is 1.19 bits per heavy atom. The summed E-state index contributed by atoms with van der Waals surface area (Å²) < 4.78 is 0. The first kappa shape index (κ1) is 18.8. The average Bonchev–Trinajstić information content (AvgIpc) is 2.63. The number of carbonyl (C=O) groups excluding carboxylic acids is 2. The predicted octanol–water partition coefficient (Wildman–Crippen LogP) is -1.45. The highest BCUT2D eigenvalue weighted by molar-refractivity contribution is 5.85. The maximum atomic E-state index is 12.4. The van der Waals surface area contributed by atoms with Gasteiger partial charge in [0.25, 0.3) is 0 Å². The minimum Gasteiger partial charge on any atom is -0.353 e. The monoisotopic (exact) mass is 360 g/mol. The van der Waals surface area contributed by atoms with Crippen LogP contribution in [0, 0.1) is 0 Å². The van der Waals surface area contributed by atoms with Crippen molar-refractivity contribution in [2.45, 2.75) is 12.1 Å². The molecule has 3 rings (SSSR count). The molecule has 2 atom stereocenters. The first-order chi connectivity index (χ1) is 12.7. The lowest BCUT2D eigenvalue weighted by molar-refractivity contribution is -0.130. The lowest BCUT2D eigenvalue weighted by Crippen LogP contribution is -2.51. The van der Waals surface area contributed by atoms with Crippen LogP contribution in [0.3, 0.4) is 0 Å². The molecule has 2 unspecified atom stereocenters. The van der Waals surface area contributed by atoms with Gasteiger partial charge in [-0.2, -0.15) is 0 Å². The Labute approximate surface area is 153 Å². The maximum absolute atomic E-state index is 12.4. The van der Waals surface area contributed by atoms with Crippen LogP contribution in [0.25, 0.3) is 0 Å². The van der Waals surface area contributed by atoms with E-state index in [2.05, 4.69) is 20.4 Å². The van der Waals surface area contributed by atoms with Crippen molar-refractivity contribution in [3.63, 3.8) is 0 Å². The van der Waals surface area contributed by atoms with Gasteiger partial charge in [0.2, 0.25) is 11.8 Å². The number of amides is 2. The Morgan fingerprint density at radius 3 is 1.54 bits per heavy atom. The maximum Gasteiger partial charge on any atom is 0.242 e. The molecule has 2 aliphatic heterocycles. The molecule has 0 spiro atoms. The molecule has 0 aromatic heterocycles. The van der Waals surface area contributed by atoms with E-state index in [1.807, 2.05) is 24.3 Å². The zero-order chi connectivity index (χ0) is 18.5. The molecule has 0 aliphatic carbocycles. The first-order valence-electron chi connectivity index (χ1n) is 9.19. The van der Waals surface area contributed by atoms with E-state index in [1.54, 1.807) is 0 Å². The van der Waals surface area contributed by atoms with Gasteiger partial charge in [-0.1, -0.05) is 24.3 Å². The summed E-state index contributed by atoms with van der Waals surface area (Å²) in [5.74, 6) is -0.00441. The molecule has 142 valence electrons. The quantitative estimate of drug-likeness (QED) is 0.493. The fraction of sp³-hybridized carbons (Fsp3) is 0.556. The van der Waals surface area contributed by atoms with Crippen LogP contribution in [0.5, 0.6) is 0 Å². The first-order valence-corrected chi connectivity index (χ1v) is 9.19. The number of piperazine rings is 2. The van der Waals surface area contributed by atoms with Gasteiger partial charge in [0.05, 0.1) is 0 Å². The zero-order valence-electron chi connectivity index (χ0n) is 15.0. The van der Waals surface area contributed by atoms with Gasteiger partial charge in [-0.05, 0) is 11.1 Å². The van der Waals surface area contributed by atoms with Gasteiger partial charge in [0, 0.05) is 52.4 Å². The second-order valence-electron chi connectivity index (χ2n) is 6.70. The van der Waals surface area contributed by atoms with Crippen LogP contribution in [-0.4, -0.2) is 74.0 Å². The molecule has 8 nitrogen and oxygen atoms in total. The number of nitrogens with one attached hydrogen (secondary N) is 2. The Bertz CT molecular complexity index is 576. The largest absolute Gasteiger partial charge is 0.353 e. The lowest BCUT2D eigenvalue weighted by Gasteiger charge is -2.36. The van der Waals surface area contributed by atoms with E-state index in [9.17, 15) is 9.59 Å². The number of benzene rings is 1. The fourth-order valence-electron chi connectivity index (χ4n) is 3.83. The van der Waals surface area contributed by atoms with E-state index < -0.39 is 0 Å². The van der Waals surface area contributed by atoms with Crippen molar-refractivity contribution in [3.8, 4) is 0 Å². The molecule has 1 aromatic rings. The standard InChI is InChI=1S/C18H28N6O2/c19-5-9-23-11-7-21-17(25)15(23)13-1-2-14(4-3-13)16-18(26)22-8-12-24(16)10-6-20/h1-4,15-16H,5-12,19-20H2,(H,21,25)(H,22,26). The summed E-state index contributed by atoms with van der Waals surface area (Å²) in [6.45, 7) is 5.23. The summed E-state index contributed by atoms with van der Waals surface area (Å²) in [7, 11) is 0. The molecular weight excluding hydrogens is 332 g/mol. The molecule has 26 heavy (non-hydrogen) atoms. The van der Waals surface area contributed by atoms with E-state index in [4.69, 9.17) is 11.5 Å². The van der Waals surface area contributed by atoms with Gasteiger partial charge in [0.15, 0.2) is 0 Å². The number of carbonyl (C=O) groups is 2. The average molecular weight is 360 g/mol. The predicted molar refractivity (Wildman–Crippen MR) is 99.2 cm³/mol. The second-order valence-corrected chi connectivity index (χ2v) is 6.70. The van der Waals surface area contributed by atoms with Crippen LogP contribution in [0.15, 0.2) is 24.3 Å². The summed E-state index contributed by atoms with van der Waals surface area (Å²) in [5, 5.41) is 5.84. The molecule has 6 N–H and O–H groups in total. The third-order valence-corrected chi connectivity index (χ3v) is 5.02. The van der Waals surface area contributed by atoms with E-state index in [0.717, 1.165) is 24.2 Å². The van der Waals surface area contributed by atoms with Gasteiger partial charge in [-0.25, -0.2) is 0 Å². The molecule has 8 heteroatoms. The summed E-state index contributed by atoms with van der Waals surface area (Å²) >= 11 is 0. The number of hydrogen-bond acceptors (Lipinski definition) is 6. The lowest BCUT2D eigenvalue weighted by atomic mass is 9.96. The van der Waals surface area contributed by atoms with Crippen molar-refractivity contribution in [1.82, 2.24) is 20.4 Å². The Balaban J connectivity index is 1.82. The molecule has 2 amide bonds. The highest BCUT2D eigenvalue weighted by Gasteiger charge is 2.33. The van der Waals surface area contributed by atoms with Crippen LogP contribution < -0.4 is 22.1 Å². The van der Waals surface area contributed by atoms with Crippen molar-refractivity contribution in [3.05, 3.63) is 35.4 Å². The van der Waals surface area contributed by atoms with Gasteiger partial charge >= 0.3 is 0 Å². The summed E-state index contributed by atoms with van der Waals surface area (Å²) in [6, 6.07) is 7.10. The Kier molecular flexibility index (Phi) is 6.20. The minimum atomic E-state index is -0.332. The third kappa shape index (κ3) is 3.88. The van der Waals surface area contributed by atoms with Crippen molar-refractivity contribution in [2.24, 2.45) is 11.5 Å². The van der Waals surface area contributed by atoms with Crippen LogP contribution in [0.2, 0.25) is 0 Å². The van der Waals surface area contributed by atoms with Crippen LogP contribution in [0.1, 0.15) is 23.2 Å². The third-order valence-electron chi connectivity index (χ3n) is 5.02. The van der Waals surface area contributed by atoms with Gasteiger partial charge in [0.1, 0.15) is 12.1 Å². The van der Waals surface area contributed by atoms with E-state index >= 15 is 0 Å². The molecule has 2 heterocycles. The van der Waals surface area contributed by atoms with Crippen LogP contribution in [-0.2, 0) is 9.59 Å². The summed E-state index contributed by atoms with van der Waals surface area (Å²) in [4.78, 5) is 29.0. The van der Waals surface area contributed by atoms with Crippen molar-refractivity contribution >= 4 is 11.8 Å². The molecule has 0 bridgehead atoms. The van der Waals surface area contributed by atoms with Crippen LogP contribution >= 0.6 is 0 Å². The van der Waals surface area contributed by atoms with Crippen molar-refractivity contribution in [2.75, 3.05) is 52.4 Å². The number of nitrogens with two attached hydrogens (primary N) is 2. The highest BCUT2D eigenvalue weighted by atomic mass is 16.2. The molecular formula is C18H28N6O2. The van der Waals surface area contributed by atoms with Crippen molar-refractivity contribution in [1.29, 1.82) is 0 Å². The fourth-order valence-corrected chi connectivity index (χ4v) is 3.83. The molecule has 2 saturated heterocycles. The van der Waals surface area contributed by atoms with Gasteiger partial charge in [-0.15, -0.1) is 0 Å². The summed E-state index contributed by atoms with van der Waals surface area (Å²) in [5.41, 5.74) is 13.2.